The molecule has 0 aromatic rings. The van der Waals surface area contributed by atoms with Crippen LogP contribution >= 0.6 is 0 Å². The first-order chi connectivity index (χ1) is 24.3. The van der Waals surface area contributed by atoms with Gasteiger partial charge >= 0.3 is 5.97 Å². The van der Waals surface area contributed by atoms with E-state index in [1.54, 1.807) is 14.0 Å². The Morgan fingerprint density at radius 1 is 0.863 bits per heavy atom. The molecule has 8 atom stereocenters. The zero-order valence-electron chi connectivity index (χ0n) is 31.0. The second kappa shape index (κ2) is 19.0. The highest BCUT2D eigenvalue weighted by molar-refractivity contribution is 5.96. The minimum Gasteiger partial charge on any atom is -0.460 e. The van der Waals surface area contributed by atoms with E-state index in [1.807, 2.05) is 6.92 Å². The number of aliphatic hydroxyl groups is 1. The Kier molecular flexibility index (Phi) is 15.1. The van der Waals surface area contributed by atoms with Gasteiger partial charge in [-0.25, -0.2) is 0 Å². The second-order valence-corrected chi connectivity index (χ2v) is 15.6. The van der Waals surface area contributed by atoms with Gasteiger partial charge < -0.3 is 41.7 Å². The van der Waals surface area contributed by atoms with Crippen LogP contribution in [0, 0.1) is 29.6 Å². The summed E-state index contributed by atoms with van der Waals surface area (Å²) in [5.74, 6) is -3.41. The molecular formula is C37H62N6O8. The van der Waals surface area contributed by atoms with Crippen molar-refractivity contribution in [2.45, 2.75) is 147 Å². The minimum absolute atomic E-state index is 0.208. The molecule has 4 aliphatic carbocycles. The number of hydrogen-bond donors (Lipinski definition) is 6. The summed E-state index contributed by atoms with van der Waals surface area (Å²) in [7, 11) is 1.58. The normalized spacial score (nSPS) is 34.9. The van der Waals surface area contributed by atoms with Crippen LogP contribution in [0.2, 0.25) is 0 Å². The van der Waals surface area contributed by atoms with E-state index in [1.165, 1.54) is 24.7 Å². The number of amides is 5. The summed E-state index contributed by atoms with van der Waals surface area (Å²) in [5.41, 5.74) is 5.92. The number of hydrogen-bond acceptors (Lipinski definition) is 9. The maximum atomic E-state index is 14.2. The van der Waals surface area contributed by atoms with Crippen molar-refractivity contribution in [1.29, 1.82) is 0 Å². The van der Waals surface area contributed by atoms with E-state index in [2.05, 4.69) is 21.3 Å². The van der Waals surface area contributed by atoms with Crippen LogP contribution in [0.15, 0.2) is 0 Å². The van der Waals surface area contributed by atoms with Crippen molar-refractivity contribution in [3.63, 3.8) is 0 Å². The molecule has 14 nitrogen and oxygen atoms in total. The molecule has 4 saturated carbocycles. The summed E-state index contributed by atoms with van der Waals surface area (Å²) < 4.78 is 5.98. The molecule has 2 bridgehead atoms. The Morgan fingerprint density at radius 2 is 1.53 bits per heavy atom. The molecule has 0 aromatic heterocycles. The highest BCUT2D eigenvalue weighted by Crippen LogP contribution is 2.47. The van der Waals surface area contributed by atoms with Crippen LogP contribution in [0.3, 0.4) is 0 Å². The van der Waals surface area contributed by atoms with Crippen molar-refractivity contribution in [3.05, 3.63) is 0 Å². The molecule has 5 rings (SSSR count). The van der Waals surface area contributed by atoms with Crippen LogP contribution in [0.1, 0.15) is 111 Å². The highest BCUT2D eigenvalue weighted by atomic mass is 16.5. The standard InChI is InChI=1S/C37H62N6O8/c1-5-10-28-34(47)42-32(25-11-8-6-7-9-12-25)36(49)40-27(19-38)33(46)41-31(22(3)44)35(48)39-20-30(45)51-29(21(2)37(50)43(28)4)18-26-17-23-13-15-24(26)16-14-23/h21-29,31-32,44H,5-20,38H2,1-4H3,(H,39,48)(H,40,49)(H,41,46)(H,42,47)/t21-,22+,23?,24?,26-,27+,28+,29-,31+,32+/m1/s1. The molecule has 1 heterocycles. The van der Waals surface area contributed by atoms with Crippen molar-refractivity contribution in [2.75, 3.05) is 20.1 Å². The third-order valence-electron chi connectivity index (χ3n) is 11.9. The van der Waals surface area contributed by atoms with Gasteiger partial charge in [0, 0.05) is 13.6 Å². The lowest BCUT2D eigenvalue weighted by atomic mass is 9.63. The Balaban J connectivity index is 1.68. The maximum absolute atomic E-state index is 14.2. The first-order valence-corrected chi connectivity index (χ1v) is 19.4. The summed E-state index contributed by atoms with van der Waals surface area (Å²) >= 11 is 0. The maximum Gasteiger partial charge on any atom is 0.325 e. The number of aliphatic hydroxyl groups excluding tert-OH is 1. The summed E-state index contributed by atoms with van der Waals surface area (Å²) in [6, 6.07) is -4.63. The SMILES string of the molecule is CCC[C@H]1C(=O)N[C@@H](C2CCCCCC2)C(=O)N[C@@H](CN)C(=O)N[C@@H]([C@H](C)O)C(=O)NCC(=O)O[C@H](C[C@H]2CC3CCC2CC3)[C@@H](C)C(=O)N1C. The number of likely N-dealkylation sites (N-methyl/N-ethyl adjacent to an activating group) is 1. The number of nitrogens with two attached hydrogens (primary N) is 1. The van der Waals surface area contributed by atoms with E-state index in [-0.39, 0.29) is 24.3 Å². The molecule has 288 valence electrons. The average Bonchev–Trinajstić information content (AvgIpc) is 3.41. The number of fused-ring (bicyclic) bond motifs is 3. The lowest BCUT2D eigenvalue weighted by Gasteiger charge is -2.44. The molecule has 51 heavy (non-hydrogen) atoms. The molecule has 5 fully saturated rings. The zero-order valence-corrected chi connectivity index (χ0v) is 31.0. The van der Waals surface area contributed by atoms with Gasteiger partial charge in [-0.2, -0.15) is 0 Å². The van der Waals surface area contributed by atoms with Gasteiger partial charge in [0.1, 0.15) is 36.8 Å². The van der Waals surface area contributed by atoms with Crippen molar-refractivity contribution >= 4 is 35.5 Å². The van der Waals surface area contributed by atoms with Gasteiger partial charge in [-0.3, -0.25) is 28.8 Å². The van der Waals surface area contributed by atoms with Crippen molar-refractivity contribution in [3.8, 4) is 0 Å². The Bertz CT molecular complexity index is 1230. The Labute approximate surface area is 302 Å². The molecule has 1 saturated heterocycles. The molecule has 0 radical (unpaired) electrons. The third kappa shape index (κ3) is 10.6. The molecule has 14 heteroatoms. The first-order valence-electron chi connectivity index (χ1n) is 19.4. The van der Waals surface area contributed by atoms with E-state index in [0.717, 1.165) is 44.9 Å². The number of cyclic esters (lactones) is 1. The summed E-state index contributed by atoms with van der Waals surface area (Å²) in [6.45, 7) is 4.08. The highest BCUT2D eigenvalue weighted by Gasteiger charge is 2.42. The van der Waals surface area contributed by atoms with Crippen LogP contribution in [0.4, 0.5) is 0 Å². The topological polar surface area (TPSA) is 209 Å². The van der Waals surface area contributed by atoms with E-state index >= 15 is 0 Å². The van der Waals surface area contributed by atoms with Gasteiger partial charge in [-0.1, -0.05) is 58.8 Å². The van der Waals surface area contributed by atoms with E-state index in [0.29, 0.717) is 43.9 Å². The molecule has 0 spiro atoms. The predicted molar refractivity (Wildman–Crippen MR) is 189 cm³/mol. The monoisotopic (exact) mass is 718 g/mol. The van der Waals surface area contributed by atoms with E-state index in [4.69, 9.17) is 10.5 Å². The summed E-state index contributed by atoms with van der Waals surface area (Å²) in [5, 5.41) is 21.0. The number of carbonyl (C=O) groups is 6. The lowest BCUT2D eigenvalue weighted by Crippen LogP contribution is -2.62. The second-order valence-electron chi connectivity index (χ2n) is 15.6. The number of ether oxygens (including phenoxy) is 1. The fourth-order valence-corrected chi connectivity index (χ4v) is 8.79. The number of nitrogens with zero attached hydrogens (tertiary/aromatic N) is 1. The molecule has 7 N–H and O–H groups in total. The number of nitrogens with one attached hydrogen (secondary N) is 4. The van der Waals surface area contributed by atoms with Crippen LogP contribution in [-0.4, -0.2) is 102 Å². The minimum atomic E-state index is -1.46. The number of esters is 1. The van der Waals surface area contributed by atoms with Crippen molar-refractivity contribution < 1.29 is 38.6 Å². The largest absolute Gasteiger partial charge is 0.460 e. The number of rotatable bonds is 7. The zero-order chi connectivity index (χ0) is 37.2. The van der Waals surface area contributed by atoms with Crippen LogP contribution in [0.25, 0.3) is 0 Å². The molecule has 0 unspecified atom stereocenters. The fraction of sp³-hybridized carbons (Fsp3) is 0.838. The average molecular weight is 719 g/mol. The van der Waals surface area contributed by atoms with Crippen molar-refractivity contribution in [1.82, 2.24) is 26.2 Å². The van der Waals surface area contributed by atoms with E-state index in [9.17, 15) is 33.9 Å². The van der Waals surface area contributed by atoms with Crippen molar-refractivity contribution in [2.24, 2.45) is 35.3 Å². The summed E-state index contributed by atoms with van der Waals surface area (Å²) in [4.78, 5) is 83.6. The summed E-state index contributed by atoms with van der Waals surface area (Å²) in [6.07, 6.45) is 10.1. The molecular weight excluding hydrogens is 656 g/mol. The van der Waals surface area contributed by atoms with Gasteiger partial charge in [0.25, 0.3) is 0 Å². The quantitative estimate of drug-likeness (QED) is 0.165. The molecule has 1 aliphatic heterocycles. The molecule has 5 amide bonds. The third-order valence-corrected chi connectivity index (χ3v) is 11.9. The van der Waals surface area contributed by atoms with Gasteiger partial charge in [0.15, 0.2) is 0 Å². The van der Waals surface area contributed by atoms with Crippen LogP contribution < -0.4 is 27.0 Å². The van der Waals surface area contributed by atoms with Crippen LogP contribution in [0.5, 0.6) is 0 Å². The molecule has 0 aromatic carbocycles. The van der Waals surface area contributed by atoms with Gasteiger partial charge in [-0.15, -0.1) is 0 Å². The van der Waals surface area contributed by atoms with Crippen LogP contribution in [-0.2, 0) is 33.5 Å². The van der Waals surface area contributed by atoms with Gasteiger partial charge in [0.05, 0.1) is 12.0 Å². The first kappa shape index (κ1) is 40.5. The van der Waals surface area contributed by atoms with Gasteiger partial charge in [0.2, 0.25) is 29.5 Å². The fourth-order valence-electron chi connectivity index (χ4n) is 8.79. The Morgan fingerprint density at radius 3 is 2.10 bits per heavy atom. The number of carbonyl (C=O) groups excluding carboxylic acids is 6. The lowest BCUT2D eigenvalue weighted by molar-refractivity contribution is -0.159. The predicted octanol–water partition coefficient (Wildman–Crippen LogP) is 1.27. The smallest absolute Gasteiger partial charge is 0.325 e. The molecule has 5 aliphatic rings. The Hall–Kier alpha value is -3.26. The van der Waals surface area contributed by atoms with E-state index < -0.39 is 78.4 Å². The van der Waals surface area contributed by atoms with Gasteiger partial charge in [-0.05, 0) is 75.5 Å².